The van der Waals surface area contributed by atoms with Crippen molar-refractivity contribution in [1.29, 1.82) is 0 Å². The predicted molar refractivity (Wildman–Crippen MR) is 65.9 cm³/mol. The number of rotatable bonds is 4. The average Bonchev–Trinajstić information content (AvgIpc) is 2.51. The Labute approximate surface area is 116 Å². The summed E-state index contributed by atoms with van der Waals surface area (Å²) < 4.78 is 65.8. The second-order valence-corrected chi connectivity index (χ2v) is 4.28. The molecule has 0 aliphatic carbocycles. The maximum absolute atomic E-state index is 13.4. The van der Waals surface area contributed by atoms with Gasteiger partial charge in [-0.15, -0.1) is 0 Å². The normalized spacial score (nSPS) is 10.8. The molecule has 0 amide bonds. The molecule has 0 aromatic heterocycles. The zero-order chi connectivity index (χ0) is 15.6. The van der Waals surface area contributed by atoms with Crippen molar-refractivity contribution in [3.8, 4) is 0 Å². The number of hydrogen-bond donors (Lipinski definition) is 2. The Morgan fingerprint density at radius 2 is 1.33 bits per heavy atom. The van der Waals surface area contributed by atoms with Gasteiger partial charge in [0.25, 0.3) is 0 Å². The molecular formula is C14H10F5NO. The van der Waals surface area contributed by atoms with Crippen molar-refractivity contribution >= 4 is 5.69 Å². The number of halogens is 5. The van der Waals surface area contributed by atoms with Crippen LogP contribution in [-0.4, -0.2) is 5.11 Å². The van der Waals surface area contributed by atoms with Crippen molar-refractivity contribution < 1.29 is 27.1 Å². The Bertz CT molecular complexity index is 646. The highest BCUT2D eigenvalue weighted by Crippen LogP contribution is 2.27. The number of anilines is 1. The van der Waals surface area contributed by atoms with Gasteiger partial charge in [-0.25, -0.2) is 22.0 Å². The predicted octanol–water partition coefficient (Wildman–Crippen LogP) is 3.49. The minimum absolute atomic E-state index is 0.161. The second kappa shape index (κ2) is 6.09. The average molecular weight is 303 g/mol. The van der Waals surface area contributed by atoms with Crippen LogP contribution in [0.25, 0.3) is 0 Å². The summed E-state index contributed by atoms with van der Waals surface area (Å²) in [5.74, 6) is -10.0. The Morgan fingerprint density at radius 1 is 0.810 bits per heavy atom. The summed E-state index contributed by atoms with van der Waals surface area (Å²) in [5.41, 5.74) is -0.00185. The third kappa shape index (κ3) is 2.97. The molecule has 2 rings (SSSR count). The lowest BCUT2D eigenvalue weighted by Crippen LogP contribution is -2.10. The van der Waals surface area contributed by atoms with Crippen LogP contribution in [0.15, 0.2) is 24.3 Å². The smallest absolute Gasteiger partial charge is 0.200 e. The van der Waals surface area contributed by atoms with Gasteiger partial charge in [0.1, 0.15) is 5.69 Å². The molecule has 0 bridgehead atoms. The highest BCUT2D eigenvalue weighted by molar-refractivity contribution is 5.48. The van der Waals surface area contributed by atoms with Gasteiger partial charge in [0.05, 0.1) is 6.61 Å². The summed E-state index contributed by atoms with van der Waals surface area (Å²) in [5, 5.41) is 11.1. The molecule has 0 fully saturated rings. The molecule has 0 saturated carbocycles. The topological polar surface area (TPSA) is 32.3 Å². The van der Waals surface area contributed by atoms with Gasteiger partial charge in [0, 0.05) is 6.54 Å². The summed E-state index contributed by atoms with van der Waals surface area (Å²) in [4.78, 5) is 0. The van der Waals surface area contributed by atoms with E-state index in [4.69, 9.17) is 5.11 Å². The fourth-order valence-electron chi connectivity index (χ4n) is 1.79. The highest BCUT2D eigenvalue weighted by atomic mass is 19.2. The molecule has 2 aromatic rings. The molecule has 0 aliphatic rings. The molecule has 7 heteroatoms. The van der Waals surface area contributed by atoms with Gasteiger partial charge in [-0.1, -0.05) is 24.3 Å². The standard InChI is InChI=1S/C14H10F5NO/c15-9-10(16)12(18)14(13(19)11(9)17)20-5-7-2-1-3-8(4-7)6-21/h1-4,20-21H,5-6H2. The van der Waals surface area contributed by atoms with Crippen LogP contribution >= 0.6 is 0 Å². The molecule has 0 unspecified atom stereocenters. The zero-order valence-corrected chi connectivity index (χ0v) is 10.6. The van der Waals surface area contributed by atoms with E-state index in [0.717, 1.165) is 0 Å². The van der Waals surface area contributed by atoms with Crippen LogP contribution in [0.1, 0.15) is 11.1 Å². The number of benzene rings is 2. The minimum atomic E-state index is -2.20. The number of hydrogen-bond acceptors (Lipinski definition) is 2. The largest absolute Gasteiger partial charge is 0.392 e. The van der Waals surface area contributed by atoms with Gasteiger partial charge in [-0.2, -0.15) is 0 Å². The van der Waals surface area contributed by atoms with E-state index in [2.05, 4.69) is 5.32 Å². The first-order chi connectivity index (χ1) is 9.95. The molecule has 0 radical (unpaired) electrons. The summed E-state index contributed by atoms with van der Waals surface area (Å²) in [6.45, 7) is -0.386. The Balaban J connectivity index is 2.28. The summed E-state index contributed by atoms with van der Waals surface area (Å²) in [7, 11) is 0. The maximum Gasteiger partial charge on any atom is 0.200 e. The molecule has 0 spiro atoms. The Kier molecular flexibility index (Phi) is 4.42. The van der Waals surface area contributed by atoms with Crippen LogP contribution < -0.4 is 5.32 Å². The van der Waals surface area contributed by atoms with Crippen molar-refractivity contribution in [1.82, 2.24) is 0 Å². The van der Waals surface area contributed by atoms with Gasteiger partial charge >= 0.3 is 0 Å². The molecule has 0 saturated heterocycles. The number of nitrogens with one attached hydrogen (secondary N) is 1. The van der Waals surface area contributed by atoms with E-state index in [0.29, 0.717) is 11.1 Å². The molecule has 112 valence electrons. The summed E-state index contributed by atoms with van der Waals surface area (Å²) >= 11 is 0. The molecule has 0 aliphatic heterocycles. The van der Waals surface area contributed by atoms with Crippen molar-refractivity contribution in [2.24, 2.45) is 0 Å². The molecule has 21 heavy (non-hydrogen) atoms. The van der Waals surface area contributed by atoms with Crippen LogP contribution in [0, 0.1) is 29.1 Å². The highest BCUT2D eigenvalue weighted by Gasteiger charge is 2.25. The molecule has 2 nitrogen and oxygen atoms in total. The number of aliphatic hydroxyl groups excluding tert-OH is 1. The third-order valence-corrected chi connectivity index (χ3v) is 2.85. The Morgan fingerprint density at radius 3 is 1.90 bits per heavy atom. The van der Waals surface area contributed by atoms with Gasteiger partial charge < -0.3 is 10.4 Å². The maximum atomic E-state index is 13.4. The van der Waals surface area contributed by atoms with Gasteiger partial charge in [-0.3, -0.25) is 0 Å². The van der Waals surface area contributed by atoms with E-state index in [9.17, 15) is 22.0 Å². The van der Waals surface area contributed by atoms with E-state index >= 15 is 0 Å². The van der Waals surface area contributed by atoms with E-state index in [1.807, 2.05) is 0 Å². The van der Waals surface area contributed by atoms with Crippen molar-refractivity contribution in [2.45, 2.75) is 13.2 Å². The molecular weight excluding hydrogens is 293 g/mol. The van der Waals surface area contributed by atoms with E-state index in [1.54, 1.807) is 24.3 Å². The lowest BCUT2D eigenvalue weighted by Gasteiger charge is -2.11. The minimum Gasteiger partial charge on any atom is -0.392 e. The fourth-order valence-corrected chi connectivity index (χ4v) is 1.79. The second-order valence-electron chi connectivity index (χ2n) is 4.28. The van der Waals surface area contributed by atoms with Crippen LogP contribution in [-0.2, 0) is 13.2 Å². The molecule has 0 heterocycles. The fraction of sp³-hybridized carbons (Fsp3) is 0.143. The molecule has 2 aromatic carbocycles. The van der Waals surface area contributed by atoms with Crippen molar-refractivity contribution in [3.05, 3.63) is 64.5 Å². The van der Waals surface area contributed by atoms with E-state index in [1.165, 1.54) is 0 Å². The van der Waals surface area contributed by atoms with Gasteiger partial charge in [0.2, 0.25) is 5.82 Å². The third-order valence-electron chi connectivity index (χ3n) is 2.85. The van der Waals surface area contributed by atoms with E-state index < -0.39 is 34.8 Å². The van der Waals surface area contributed by atoms with Crippen LogP contribution in [0.5, 0.6) is 0 Å². The Hall–Kier alpha value is -2.15. The van der Waals surface area contributed by atoms with Crippen molar-refractivity contribution in [3.63, 3.8) is 0 Å². The quantitative estimate of drug-likeness (QED) is 0.515. The van der Waals surface area contributed by atoms with Crippen molar-refractivity contribution in [2.75, 3.05) is 5.32 Å². The van der Waals surface area contributed by atoms with Crippen LogP contribution in [0.3, 0.4) is 0 Å². The number of aliphatic hydroxyl groups is 1. The molecule has 0 atom stereocenters. The van der Waals surface area contributed by atoms with Gasteiger partial charge in [0.15, 0.2) is 23.3 Å². The lowest BCUT2D eigenvalue weighted by atomic mass is 10.1. The van der Waals surface area contributed by atoms with Crippen LogP contribution in [0.2, 0.25) is 0 Å². The van der Waals surface area contributed by atoms with Gasteiger partial charge in [-0.05, 0) is 11.1 Å². The first-order valence-electron chi connectivity index (χ1n) is 5.89. The summed E-state index contributed by atoms with van der Waals surface area (Å²) in [6, 6.07) is 6.35. The SMILES string of the molecule is OCc1cccc(CNc2c(F)c(F)c(F)c(F)c2F)c1. The first kappa shape index (κ1) is 15.2. The zero-order valence-electron chi connectivity index (χ0n) is 10.6. The van der Waals surface area contributed by atoms with Crippen LogP contribution in [0.4, 0.5) is 27.6 Å². The summed E-state index contributed by atoms with van der Waals surface area (Å²) in [6.07, 6.45) is 0. The monoisotopic (exact) mass is 303 g/mol. The molecule has 2 N–H and O–H groups in total. The first-order valence-corrected chi connectivity index (χ1v) is 5.89. The lowest BCUT2D eigenvalue weighted by molar-refractivity contribution is 0.281. The van der Waals surface area contributed by atoms with E-state index in [-0.39, 0.29) is 13.2 Å².